The molecule has 1 saturated carbocycles. The van der Waals surface area contributed by atoms with Crippen LogP contribution in [0.4, 0.5) is 5.82 Å². The van der Waals surface area contributed by atoms with Crippen molar-refractivity contribution in [2.45, 2.75) is 50.8 Å². The molecule has 1 aromatic rings. The van der Waals surface area contributed by atoms with Gasteiger partial charge in [-0.15, -0.1) is 0 Å². The number of anilines is 1. The quantitative estimate of drug-likeness (QED) is 0.812. The van der Waals surface area contributed by atoms with Crippen LogP contribution < -0.4 is 10.0 Å². The van der Waals surface area contributed by atoms with Crippen LogP contribution in [-0.4, -0.2) is 26.5 Å². The maximum absolute atomic E-state index is 12.6. The Bertz CT molecular complexity index is 566. The van der Waals surface area contributed by atoms with Gasteiger partial charge in [0.25, 0.3) is 0 Å². The molecular formula is C15H25N3O2S. The van der Waals surface area contributed by atoms with Gasteiger partial charge in [-0.05, 0) is 43.7 Å². The van der Waals surface area contributed by atoms with Gasteiger partial charge < -0.3 is 5.32 Å². The Morgan fingerprint density at radius 1 is 1.29 bits per heavy atom. The van der Waals surface area contributed by atoms with Crippen molar-refractivity contribution in [2.24, 2.45) is 5.41 Å². The van der Waals surface area contributed by atoms with Crippen LogP contribution in [0.15, 0.2) is 23.2 Å². The predicted octanol–water partition coefficient (Wildman–Crippen LogP) is 2.76. The van der Waals surface area contributed by atoms with E-state index in [1.807, 2.05) is 6.92 Å². The Balaban J connectivity index is 2.15. The number of nitrogens with zero attached hydrogens (tertiary/aromatic N) is 1. The van der Waals surface area contributed by atoms with Crippen LogP contribution in [0.1, 0.15) is 46.0 Å². The highest BCUT2D eigenvalue weighted by molar-refractivity contribution is 7.89. The molecule has 0 bridgehead atoms. The van der Waals surface area contributed by atoms with E-state index in [0.717, 1.165) is 19.3 Å². The Labute approximate surface area is 127 Å². The molecule has 0 aromatic carbocycles. The smallest absolute Gasteiger partial charge is 0.244 e. The summed E-state index contributed by atoms with van der Waals surface area (Å²) in [5.41, 5.74) is 0.133. The molecule has 118 valence electrons. The van der Waals surface area contributed by atoms with Crippen molar-refractivity contribution in [3.8, 4) is 0 Å². The third kappa shape index (κ3) is 3.74. The molecule has 0 atom stereocenters. The monoisotopic (exact) mass is 311 g/mol. The Hall–Kier alpha value is -1.14. The Morgan fingerprint density at radius 3 is 2.62 bits per heavy atom. The second-order valence-electron chi connectivity index (χ2n) is 5.77. The van der Waals surface area contributed by atoms with Crippen molar-refractivity contribution < 1.29 is 8.42 Å². The van der Waals surface area contributed by atoms with Crippen LogP contribution in [-0.2, 0) is 10.0 Å². The molecule has 0 aliphatic heterocycles. The second-order valence-corrected chi connectivity index (χ2v) is 7.50. The van der Waals surface area contributed by atoms with Crippen molar-refractivity contribution in [1.29, 1.82) is 0 Å². The van der Waals surface area contributed by atoms with Gasteiger partial charge in [-0.25, -0.2) is 18.1 Å². The maximum atomic E-state index is 12.6. The van der Waals surface area contributed by atoms with Crippen molar-refractivity contribution in [3.63, 3.8) is 0 Å². The van der Waals surface area contributed by atoms with E-state index in [9.17, 15) is 8.42 Å². The van der Waals surface area contributed by atoms with Crippen LogP contribution in [0.5, 0.6) is 0 Å². The van der Waals surface area contributed by atoms with Crippen LogP contribution in [0.3, 0.4) is 0 Å². The molecule has 2 rings (SSSR count). The van der Waals surface area contributed by atoms with Gasteiger partial charge >= 0.3 is 0 Å². The van der Waals surface area contributed by atoms with Crippen LogP contribution in [0, 0.1) is 5.41 Å². The van der Waals surface area contributed by atoms with Crippen LogP contribution in [0.25, 0.3) is 0 Å². The van der Waals surface area contributed by atoms with Gasteiger partial charge in [-0.2, -0.15) is 0 Å². The van der Waals surface area contributed by atoms with Gasteiger partial charge in [-0.1, -0.05) is 19.8 Å². The minimum Gasteiger partial charge on any atom is -0.369 e. The highest BCUT2D eigenvalue weighted by Crippen LogP contribution is 2.40. The highest BCUT2D eigenvalue weighted by Gasteiger charge is 2.33. The first-order chi connectivity index (χ1) is 10.0. The van der Waals surface area contributed by atoms with Gasteiger partial charge in [-0.3, -0.25) is 0 Å². The number of sulfonamides is 1. The molecule has 6 heteroatoms. The third-order valence-electron chi connectivity index (χ3n) is 4.46. The minimum absolute atomic E-state index is 0.133. The molecule has 1 aromatic heterocycles. The first-order valence-corrected chi connectivity index (χ1v) is 9.20. The average Bonchev–Trinajstić information content (AvgIpc) is 2.96. The summed E-state index contributed by atoms with van der Waals surface area (Å²) in [5.74, 6) is 0.421. The zero-order valence-electron chi connectivity index (χ0n) is 12.9. The number of aromatic nitrogens is 1. The van der Waals surface area contributed by atoms with Gasteiger partial charge in [0.2, 0.25) is 10.0 Å². The van der Waals surface area contributed by atoms with Gasteiger partial charge in [0.05, 0.1) is 0 Å². The third-order valence-corrected chi connectivity index (χ3v) is 5.89. The minimum atomic E-state index is -3.52. The summed E-state index contributed by atoms with van der Waals surface area (Å²) in [7, 11) is -3.52. The molecule has 0 unspecified atom stereocenters. The predicted molar refractivity (Wildman–Crippen MR) is 84.8 cm³/mol. The van der Waals surface area contributed by atoms with Gasteiger partial charge in [0.15, 0.2) is 0 Å². The van der Waals surface area contributed by atoms with Crippen molar-refractivity contribution >= 4 is 15.8 Å². The Kier molecular flexibility index (Phi) is 5.22. The van der Waals surface area contributed by atoms with E-state index in [-0.39, 0.29) is 10.3 Å². The summed E-state index contributed by atoms with van der Waals surface area (Å²) in [4.78, 5) is 4.35. The lowest BCUT2D eigenvalue weighted by molar-refractivity contribution is 0.285. The largest absolute Gasteiger partial charge is 0.369 e. The van der Waals surface area contributed by atoms with Crippen molar-refractivity contribution in [1.82, 2.24) is 9.71 Å². The van der Waals surface area contributed by atoms with E-state index in [2.05, 4.69) is 21.9 Å². The topological polar surface area (TPSA) is 71.1 Å². The molecule has 1 aliphatic rings. The fourth-order valence-corrected chi connectivity index (χ4v) is 4.30. The van der Waals surface area contributed by atoms with E-state index in [1.54, 1.807) is 18.3 Å². The molecule has 0 saturated heterocycles. The van der Waals surface area contributed by atoms with Crippen molar-refractivity contribution in [3.05, 3.63) is 18.3 Å². The maximum Gasteiger partial charge on any atom is 0.244 e. The first-order valence-electron chi connectivity index (χ1n) is 7.71. The molecule has 21 heavy (non-hydrogen) atoms. The number of hydrogen-bond acceptors (Lipinski definition) is 4. The average molecular weight is 311 g/mol. The number of pyridine rings is 1. The lowest BCUT2D eigenvalue weighted by Gasteiger charge is -2.27. The number of hydrogen-bond donors (Lipinski definition) is 2. The normalized spacial score (nSPS) is 17.8. The van der Waals surface area contributed by atoms with E-state index in [1.165, 1.54) is 12.8 Å². The fraction of sp³-hybridized carbons (Fsp3) is 0.667. The SMILES string of the molecule is CCNc1ncccc1S(=O)(=O)NCC1(CC)CCCC1. The van der Waals surface area contributed by atoms with E-state index in [0.29, 0.717) is 18.9 Å². The zero-order chi connectivity index (χ0) is 15.3. The molecule has 0 amide bonds. The summed E-state index contributed by atoms with van der Waals surface area (Å²) in [6, 6.07) is 3.25. The van der Waals surface area contributed by atoms with Gasteiger partial charge in [0.1, 0.15) is 10.7 Å². The molecule has 0 radical (unpaired) electrons. The standard InChI is InChI=1S/C15H25N3O2S/c1-3-15(9-5-6-10-15)12-18-21(19,20)13-8-7-11-17-14(13)16-4-2/h7-8,11,18H,3-6,9-10,12H2,1-2H3,(H,16,17). The lowest BCUT2D eigenvalue weighted by Crippen LogP contribution is -2.36. The summed E-state index contributed by atoms with van der Waals surface area (Å²) < 4.78 is 27.9. The van der Waals surface area contributed by atoms with Crippen LogP contribution >= 0.6 is 0 Å². The van der Waals surface area contributed by atoms with Crippen molar-refractivity contribution in [2.75, 3.05) is 18.4 Å². The molecule has 1 aliphatic carbocycles. The highest BCUT2D eigenvalue weighted by atomic mass is 32.2. The zero-order valence-corrected chi connectivity index (χ0v) is 13.7. The number of rotatable bonds is 7. The summed E-state index contributed by atoms with van der Waals surface area (Å²) in [6.07, 6.45) is 7.23. The Morgan fingerprint density at radius 2 is 2.00 bits per heavy atom. The van der Waals surface area contributed by atoms with E-state index in [4.69, 9.17) is 0 Å². The van der Waals surface area contributed by atoms with Gasteiger partial charge in [0, 0.05) is 19.3 Å². The molecule has 0 spiro atoms. The summed E-state index contributed by atoms with van der Waals surface area (Å²) >= 11 is 0. The molecule has 1 fully saturated rings. The van der Waals surface area contributed by atoms with E-state index >= 15 is 0 Å². The van der Waals surface area contributed by atoms with Crippen LogP contribution in [0.2, 0.25) is 0 Å². The molecule has 1 heterocycles. The molecule has 2 N–H and O–H groups in total. The number of nitrogens with one attached hydrogen (secondary N) is 2. The molecular weight excluding hydrogens is 286 g/mol. The second kappa shape index (κ2) is 6.75. The fourth-order valence-electron chi connectivity index (χ4n) is 3.01. The summed E-state index contributed by atoms with van der Waals surface area (Å²) in [6.45, 7) is 5.22. The molecule has 5 nitrogen and oxygen atoms in total. The van der Waals surface area contributed by atoms with E-state index < -0.39 is 10.0 Å². The lowest BCUT2D eigenvalue weighted by atomic mass is 9.84. The first kappa shape index (κ1) is 16.2. The summed E-state index contributed by atoms with van der Waals surface area (Å²) in [5, 5.41) is 3.00.